The maximum Gasteiger partial charge on any atom is 0.416 e. The SMILES string of the molecule is C/C1=C/C/C(OCc2ccc(-c3ccc(C(F)(F)F)cc3)s2)=C\CCC1OCC(=O)O. The fourth-order valence-electron chi connectivity index (χ4n) is 3.20. The Kier molecular flexibility index (Phi) is 7.56. The summed E-state index contributed by atoms with van der Waals surface area (Å²) in [6.07, 6.45) is 1.41. The Morgan fingerprint density at radius 3 is 2.58 bits per heavy atom. The zero-order chi connectivity index (χ0) is 22.4. The van der Waals surface area contributed by atoms with Gasteiger partial charge in [-0.25, -0.2) is 4.79 Å². The van der Waals surface area contributed by atoms with Crippen LogP contribution in [0, 0.1) is 0 Å². The normalized spacial score (nSPS) is 20.7. The van der Waals surface area contributed by atoms with Gasteiger partial charge in [0.25, 0.3) is 0 Å². The number of carboxylic acids is 1. The first-order valence-corrected chi connectivity index (χ1v) is 10.6. The molecule has 166 valence electrons. The van der Waals surface area contributed by atoms with Gasteiger partial charge in [0, 0.05) is 16.2 Å². The molecule has 0 bridgehead atoms. The minimum atomic E-state index is -4.34. The third kappa shape index (κ3) is 6.70. The van der Waals surface area contributed by atoms with E-state index in [-0.39, 0.29) is 12.7 Å². The first-order valence-electron chi connectivity index (χ1n) is 9.80. The molecule has 0 amide bonds. The van der Waals surface area contributed by atoms with Gasteiger partial charge in [-0.15, -0.1) is 11.3 Å². The van der Waals surface area contributed by atoms with Gasteiger partial charge < -0.3 is 14.6 Å². The molecule has 0 fully saturated rings. The summed E-state index contributed by atoms with van der Waals surface area (Å²) in [5.41, 5.74) is 1.06. The quantitative estimate of drug-likeness (QED) is 0.492. The number of alkyl halides is 3. The molecule has 1 heterocycles. The molecule has 0 aliphatic heterocycles. The Morgan fingerprint density at radius 1 is 1.16 bits per heavy atom. The van der Waals surface area contributed by atoms with Crippen molar-refractivity contribution in [1.82, 2.24) is 0 Å². The summed E-state index contributed by atoms with van der Waals surface area (Å²) in [4.78, 5) is 12.6. The summed E-state index contributed by atoms with van der Waals surface area (Å²) in [5.74, 6) is -0.151. The number of aliphatic carboxylic acids is 1. The molecule has 0 spiro atoms. The molecule has 1 unspecified atom stereocenters. The van der Waals surface area contributed by atoms with E-state index in [0.29, 0.717) is 25.9 Å². The summed E-state index contributed by atoms with van der Waals surface area (Å²) >= 11 is 1.48. The van der Waals surface area contributed by atoms with E-state index >= 15 is 0 Å². The Bertz CT molecular complexity index is 958. The molecule has 8 heteroatoms. The molecule has 0 saturated heterocycles. The summed E-state index contributed by atoms with van der Waals surface area (Å²) in [5, 5.41) is 8.77. The molecular formula is C23H23F3O4S. The Balaban J connectivity index is 1.56. The molecule has 1 aliphatic carbocycles. The van der Waals surface area contributed by atoms with Gasteiger partial charge in [-0.3, -0.25) is 0 Å². The van der Waals surface area contributed by atoms with E-state index in [1.54, 1.807) is 0 Å². The van der Waals surface area contributed by atoms with Crippen molar-refractivity contribution in [2.24, 2.45) is 0 Å². The first kappa shape index (κ1) is 23.1. The van der Waals surface area contributed by atoms with Gasteiger partial charge in [-0.1, -0.05) is 18.2 Å². The lowest BCUT2D eigenvalue weighted by atomic mass is 10.0. The average Bonchev–Trinajstić information content (AvgIpc) is 3.18. The average molecular weight is 452 g/mol. The van der Waals surface area contributed by atoms with Gasteiger partial charge in [0.05, 0.1) is 17.4 Å². The van der Waals surface area contributed by atoms with Crippen LogP contribution in [0.1, 0.15) is 36.6 Å². The van der Waals surface area contributed by atoms with Crippen LogP contribution in [0.25, 0.3) is 10.4 Å². The van der Waals surface area contributed by atoms with Gasteiger partial charge in [-0.2, -0.15) is 13.2 Å². The standard InChI is InChI=1S/C23H23F3O4S/c1-15-5-10-18(3-2-4-20(15)30-14-22(27)28)29-13-19-11-12-21(31-19)16-6-8-17(9-7-16)23(24,25)26/h3,5-9,11-12,20H,2,4,10,13-14H2,1H3,(H,27,28)/b15-5-,18-3+. The highest BCUT2D eigenvalue weighted by molar-refractivity contribution is 7.15. The van der Waals surface area contributed by atoms with Crippen LogP contribution in [-0.4, -0.2) is 23.8 Å². The molecule has 1 N–H and O–H groups in total. The number of hydrogen-bond acceptors (Lipinski definition) is 4. The van der Waals surface area contributed by atoms with E-state index in [1.807, 2.05) is 31.2 Å². The maximum atomic E-state index is 12.7. The minimum absolute atomic E-state index is 0.211. The largest absolute Gasteiger partial charge is 0.492 e. The highest BCUT2D eigenvalue weighted by atomic mass is 32.1. The van der Waals surface area contributed by atoms with E-state index in [4.69, 9.17) is 14.6 Å². The van der Waals surface area contributed by atoms with E-state index in [2.05, 4.69) is 0 Å². The summed E-state index contributed by atoms with van der Waals surface area (Å²) in [6.45, 7) is 1.98. The smallest absolute Gasteiger partial charge is 0.416 e. The lowest BCUT2D eigenvalue weighted by Gasteiger charge is -2.20. The molecule has 1 aliphatic rings. The van der Waals surface area contributed by atoms with E-state index < -0.39 is 17.7 Å². The lowest BCUT2D eigenvalue weighted by Crippen LogP contribution is -2.20. The molecule has 0 saturated carbocycles. The molecule has 1 aromatic carbocycles. The van der Waals surface area contributed by atoms with Crippen LogP contribution in [-0.2, 0) is 27.1 Å². The van der Waals surface area contributed by atoms with Crippen molar-refractivity contribution >= 4 is 17.3 Å². The van der Waals surface area contributed by atoms with Crippen LogP contribution in [0.2, 0.25) is 0 Å². The minimum Gasteiger partial charge on any atom is -0.492 e. The van der Waals surface area contributed by atoms with E-state index in [0.717, 1.165) is 38.8 Å². The van der Waals surface area contributed by atoms with Crippen molar-refractivity contribution in [3.8, 4) is 10.4 Å². The molecular weight excluding hydrogens is 429 g/mol. The number of carbonyl (C=O) groups is 1. The fourth-order valence-corrected chi connectivity index (χ4v) is 4.13. The van der Waals surface area contributed by atoms with E-state index in [1.165, 1.54) is 23.5 Å². The summed E-state index contributed by atoms with van der Waals surface area (Å²) in [6, 6.07) is 8.93. The number of carboxylic acid groups (broad SMARTS) is 1. The molecule has 1 atom stereocenters. The first-order chi connectivity index (χ1) is 14.7. The number of hydrogen-bond donors (Lipinski definition) is 1. The predicted molar refractivity (Wildman–Crippen MR) is 113 cm³/mol. The number of thiophene rings is 1. The number of allylic oxidation sites excluding steroid dienone is 2. The summed E-state index contributed by atoms with van der Waals surface area (Å²) in [7, 11) is 0. The van der Waals surface area contributed by atoms with Crippen molar-refractivity contribution in [1.29, 1.82) is 0 Å². The molecule has 3 rings (SSSR count). The van der Waals surface area contributed by atoms with Crippen molar-refractivity contribution in [2.75, 3.05) is 6.61 Å². The topological polar surface area (TPSA) is 55.8 Å². The maximum absolute atomic E-state index is 12.7. The third-order valence-corrected chi connectivity index (χ3v) is 6.01. The van der Waals surface area contributed by atoms with Crippen molar-refractivity contribution < 1.29 is 32.5 Å². The predicted octanol–water partition coefficient (Wildman–Crippen LogP) is 6.43. The van der Waals surface area contributed by atoms with Gasteiger partial charge in [0.15, 0.2) is 0 Å². The second kappa shape index (κ2) is 10.2. The molecule has 31 heavy (non-hydrogen) atoms. The van der Waals surface area contributed by atoms with Gasteiger partial charge in [-0.05, 0) is 61.2 Å². The Labute approximate surface area is 182 Å². The Hall–Kier alpha value is -2.58. The zero-order valence-electron chi connectivity index (χ0n) is 16.9. The van der Waals surface area contributed by atoms with E-state index in [9.17, 15) is 18.0 Å². The highest BCUT2D eigenvalue weighted by Crippen LogP contribution is 2.33. The van der Waals surface area contributed by atoms with Crippen LogP contribution in [0.3, 0.4) is 0 Å². The van der Waals surface area contributed by atoms with Crippen molar-refractivity contribution in [2.45, 2.75) is 45.1 Å². The number of benzene rings is 1. The zero-order valence-corrected chi connectivity index (χ0v) is 17.8. The summed E-state index contributed by atoms with van der Waals surface area (Å²) < 4.78 is 49.5. The fraction of sp³-hybridized carbons (Fsp3) is 0.348. The molecule has 0 radical (unpaired) electrons. The number of halogens is 3. The number of rotatable bonds is 7. The van der Waals surface area contributed by atoms with Crippen LogP contribution < -0.4 is 0 Å². The van der Waals surface area contributed by atoms with Gasteiger partial charge in [0.1, 0.15) is 13.2 Å². The highest BCUT2D eigenvalue weighted by Gasteiger charge is 2.30. The monoisotopic (exact) mass is 452 g/mol. The second-order valence-electron chi connectivity index (χ2n) is 7.22. The van der Waals surface area contributed by atoms with Gasteiger partial charge in [0.2, 0.25) is 0 Å². The third-order valence-electron chi connectivity index (χ3n) is 4.90. The lowest BCUT2D eigenvalue weighted by molar-refractivity contribution is -0.143. The van der Waals surface area contributed by atoms with Crippen LogP contribution >= 0.6 is 11.3 Å². The Morgan fingerprint density at radius 2 is 1.90 bits per heavy atom. The molecule has 4 nitrogen and oxygen atoms in total. The second-order valence-corrected chi connectivity index (χ2v) is 8.39. The van der Waals surface area contributed by atoms with Crippen LogP contribution in [0.4, 0.5) is 13.2 Å². The van der Waals surface area contributed by atoms with Crippen molar-refractivity contribution in [3.63, 3.8) is 0 Å². The molecule has 2 aromatic rings. The molecule has 1 aromatic heterocycles. The number of ether oxygens (including phenoxy) is 2. The van der Waals surface area contributed by atoms with Crippen LogP contribution in [0.15, 0.2) is 59.9 Å². The van der Waals surface area contributed by atoms with Gasteiger partial charge >= 0.3 is 12.1 Å². The van der Waals surface area contributed by atoms with Crippen LogP contribution in [0.5, 0.6) is 0 Å². The van der Waals surface area contributed by atoms with Crippen molar-refractivity contribution in [3.05, 3.63) is 70.3 Å².